The minimum Gasteiger partial charge on any atom is -0.369 e. The van der Waals surface area contributed by atoms with Gasteiger partial charge >= 0.3 is 0 Å². The predicted molar refractivity (Wildman–Crippen MR) is 87.9 cm³/mol. The molecular weight excluding hydrogens is 264 g/mol. The third-order valence-electron chi connectivity index (χ3n) is 3.69. The lowest BCUT2D eigenvalue weighted by Crippen LogP contribution is -2.44. The third-order valence-corrected chi connectivity index (χ3v) is 3.69. The zero-order chi connectivity index (χ0) is 15.2. The summed E-state index contributed by atoms with van der Waals surface area (Å²) in [7, 11) is 2.15. The van der Waals surface area contributed by atoms with E-state index in [0.29, 0.717) is 12.6 Å². The number of nitrogens with zero attached hydrogens (tertiary/aromatic N) is 2. The average Bonchev–Trinajstić information content (AvgIpc) is 2.47. The highest BCUT2D eigenvalue weighted by molar-refractivity contribution is 5.92. The normalized spacial score (nSPS) is 16.3. The van der Waals surface area contributed by atoms with Crippen molar-refractivity contribution in [2.75, 3.05) is 50.0 Å². The number of rotatable bonds is 5. The molecular formula is C16H26N4O. The number of carbonyl (C=O) groups excluding carboxylic acids is 1. The molecule has 1 aliphatic heterocycles. The van der Waals surface area contributed by atoms with Crippen molar-refractivity contribution in [3.05, 3.63) is 24.3 Å². The van der Waals surface area contributed by atoms with Crippen molar-refractivity contribution >= 4 is 17.3 Å². The Labute approximate surface area is 127 Å². The van der Waals surface area contributed by atoms with Crippen LogP contribution in [0.15, 0.2) is 24.3 Å². The van der Waals surface area contributed by atoms with Gasteiger partial charge in [0.2, 0.25) is 5.91 Å². The fourth-order valence-electron chi connectivity index (χ4n) is 2.32. The first-order valence-electron chi connectivity index (χ1n) is 7.61. The van der Waals surface area contributed by atoms with Crippen LogP contribution in [0.25, 0.3) is 0 Å². The quantitative estimate of drug-likeness (QED) is 0.860. The van der Waals surface area contributed by atoms with Gasteiger partial charge < -0.3 is 20.4 Å². The molecule has 1 aliphatic rings. The van der Waals surface area contributed by atoms with Crippen LogP contribution in [0.4, 0.5) is 11.4 Å². The number of benzene rings is 1. The van der Waals surface area contributed by atoms with Crippen molar-refractivity contribution in [1.82, 2.24) is 10.2 Å². The Morgan fingerprint density at radius 1 is 1.14 bits per heavy atom. The highest BCUT2D eigenvalue weighted by atomic mass is 16.1. The molecule has 2 rings (SSSR count). The molecule has 0 saturated carbocycles. The second kappa shape index (κ2) is 7.43. The van der Waals surface area contributed by atoms with E-state index in [1.165, 1.54) is 5.69 Å². The van der Waals surface area contributed by atoms with Crippen LogP contribution in [0.3, 0.4) is 0 Å². The van der Waals surface area contributed by atoms with E-state index in [-0.39, 0.29) is 5.91 Å². The van der Waals surface area contributed by atoms with Gasteiger partial charge in [-0.05, 0) is 31.3 Å². The Kier molecular flexibility index (Phi) is 5.59. The molecule has 0 atom stereocenters. The van der Waals surface area contributed by atoms with Crippen molar-refractivity contribution in [3.8, 4) is 0 Å². The van der Waals surface area contributed by atoms with Gasteiger partial charge in [0.15, 0.2) is 0 Å². The maximum atomic E-state index is 11.8. The SMILES string of the molecule is CC(C)NCC(=O)Nc1ccc(N2CCN(C)CC2)cc1. The van der Waals surface area contributed by atoms with Crippen LogP contribution >= 0.6 is 0 Å². The summed E-state index contributed by atoms with van der Waals surface area (Å²) in [6.45, 7) is 8.70. The van der Waals surface area contributed by atoms with Crippen molar-refractivity contribution < 1.29 is 4.79 Å². The lowest BCUT2D eigenvalue weighted by Gasteiger charge is -2.34. The molecule has 1 aromatic carbocycles. The minimum atomic E-state index is -0.00366. The summed E-state index contributed by atoms with van der Waals surface area (Å²) in [5.41, 5.74) is 2.07. The molecule has 1 fully saturated rings. The summed E-state index contributed by atoms with van der Waals surface area (Å²) < 4.78 is 0. The zero-order valence-corrected chi connectivity index (χ0v) is 13.2. The average molecular weight is 290 g/mol. The van der Waals surface area contributed by atoms with Crippen LogP contribution in [0, 0.1) is 0 Å². The Bertz CT molecular complexity index is 450. The summed E-state index contributed by atoms with van der Waals surface area (Å²) in [6.07, 6.45) is 0. The first kappa shape index (κ1) is 15.8. The Balaban J connectivity index is 1.85. The van der Waals surface area contributed by atoms with Crippen molar-refractivity contribution in [2.24, 2.45) is 0 Å². The molecule has 1 aromatic rings. The number of hydrogen-bond donors (Lipinski definition) is 2. The van der Waals surface area contributed by atoms with Gasteiger partial charge in [0.1, 0.15) is 0 Å². The fraction of sp³-hybridized carbons (Fsp3) is 0.562. The van der Waals surface area contributed by atoms with E-state index >= 15 is 0 Å². The Morgan fingerprint density at radius 3 is 2.33 bits per heavy atom. The zero-order valence-electron chi connectivity index (χ0n) is 13.2. The van der Waals surface area contributed by atoms with Gasteiger partial charge in [-0.3, -0.25) is 4.79 Å². The summed E-state index contributed by atoms with van der Waals surface area (Å²) in [5.74, 6) is -0.00366. The summed E-state index contributed by atoms with van der Waals surface area (Å²) in [4.78, 5) is 16.5. The molecule has 1 amide bonds. The molecule has 2 N–H and O–H groups in total. The molecule has 0 bridgehead atoms. The van der Waals surface area contributed by atoms with Crippen molar-refractivity contribution in [2.45, 2.75) is 19.9 Å². The van der Waals surface area contributed by atoms with E-state index in [2.05, 4.69) is 39.6 Å². The third kappa shape index (κ3) is 5.02. The fourth-order valence-corrected chi connectivity index (χ4v) is 2.32. The van der Waals surface area contributed by atoms with E-state index in [1.807, 2.05) is 26.0 Å². The van der Waals surface area contributed by atoms with Crippen LogP contribution in [0.5, 0.6) is 0 Å². The van der Waals surface area contributed by atoms with Crippen LogP contribution in [0.2, 0.25) is 0 Å². The molecule has 116 valence electrons. The molecule has 21 heavy (non-hydrogen) atoms. The number of piperazine rings is 1. The highest BCUT2D eigenvalue weighted by Crippen LogP contribution is 2.19. The maximum Gasteiger partial charge on any atom is 0.238 e. The van der Waals surface area contributed by atoms with Crippen molar-refractivity contribution in [3.63, 3.8) is 0 Å². The highest BCUT2D eigenvalue weighted by Gasteiger charge is 2.14. The smallest absolute Gasteiger partial charge is 0.238 e. The molecule has 0 aliphatic carbocycles. The summed E-state index contributed by atoms with van der Waals surface area (Å²) in [5, 5.41) is 6.01. The minimum absolute atomic E-state index is 0.00366. The predicted octanol–water partition coefficient (Wildman–Crippen LogP) is 1.37. The van der Waals surface area contributed by atoms with Gasteiger partial charge in [0.25, 0.3) is 0 Å². The number of nitrogens with one attached hydrogen (secondary N) is 2. The molecule has 0 unspecified atom stereocenters. The molecule has 0 aromatic heterocycles. The number of hydrogen-bond acceptors (Lipinski definition) is 4. The monoisotopic (exact) mass is 290 g/mol. The first-order chi connectivity index (χ1) is 10.0. The lowest BCUT2D eigenvalue weighted by molar-refractivity contribution is -0.115. The topological polar surface area (TPSA) is 47.6 Å². The molecule has 1 saturated heterocycles. The largest absolute Gasteiger partial charge is 0.369 e. The summed E-state index contributed by atoms with van der Waals surface area (Å²) in [6, 6.07) is 8.42. The molecule has 0 spiro atoms. The van der Waals surface area contributed by atoms with Crippen LogP contribution < -0.4 is 15.5 Å². The Morgan fingerprint density at radius 2 is 1.76 bits per heavy atom. The van der Waals surface area contributed by atoms with Gasteiger partial charge in [-0.25, -0.2) is 0 Å². The van der Waals surface area contributed by atoms with Gasteiger partial charge in [-0.15, -0.1) is 0 Å². The molecule has 1 heterocycles. The van der Waals surface area contributed by atoms with Gasteiger partial charge in [-0.1, -0.05) is 13.8 Å². The van der Waals surface area contributed by atoms with E-state index in [1.54, 1.807) is 0 Å². The van der Waals surface area contributed by atoms with Gasteiger partial charge in [-0.2, -0.15) is 0 Å². The van der Waals surface area contributed by atoms with E-state index in [0.717, 1.165) is 31.9 Å². The van der Waals surface area contributed by atoms with Gasteiger partial charge in [0.05, 0.1) is 6.54 Å². The Hall–Kier alpha value is -1.59. The number of likely N-dealkylation sites (N-methyl/N-ethyl adjacent to an activating group) is 1. The van der Waals surface area contributed by atoms with E-state index < -0.39 is 0 Å². The number of carbonyl (C=O) groups is 1. The van der Waals surface area contributed by atoms with Crippen LogP contribution in [-0.2, 0) is 4.79 Å². The van der Waals surface area contributed by atoms with Gasteiger partial charge in [0, 0.05) is 43.6 Å². The van der Waals surface area contributed by atoms with E-state index in [4.69, 9.17) is 0 Å². The summed E-state index contributed by atoms with van der Waals surface area (Å²) >= 11 is 0. The number of anilines is 2. The molecule has 5 heteroatoms. The van der Waals surface area contributed by atoms with Crippen molar-refractivity contribution in [1.29, 1.82) is 0 Å². The van der Waals surface area contributed by atoms with E-state index in [9.17, 15) is 4.79 Å². The van der Waals surface area contributed by atoms with Crippen LogP contribution in [0.1, 0.15) is 13.8 Å². The molecule has 0 radical (unpaired) electrons. The van der Waals surface area contributed by atoms with Crippen LogP contribution in [-0.4, -0.2) is 56.6 Å². The lowest BCUT2D eigenvalue weighted by atomic mass is 10.2. The maximum absolute atomic E-state index is 11.8. The number of amides is 1. The standard InChI is InChI=1S/C16H26N4O/c1-13(2)17-12-16(21)18-14-4-6-15(7-5-14)20-10-8-19(3)9-11-20/h4-7,13,17H,8-12H2,1-3H3,(H,18,21). The second-order valence-corrected chi connectivity index (χ2v) is 5.92. The second-order valence-electron chi connectivity index (χ2n) is 5.92. The first-order valence-corrected chi connectivity index (χ1v) is 7.61. The molecule has 5 nitrogen and oxygen atoms in total.